The number of anilines is 2. The maximum atomic E-state index is 12.1. The molecule has 0 radical (unpaired) electrons. The van der Waals surface area contributed by atoms with Gasteiger partial charge in [-0.25, -0.2) is 0 Å². The van der Waals surface area contributed by atoms with E-state index in [0.717, 1.165) is 18.5 Å². The monoisotopic (exact) mass is 322 g/mol. The van der Waals surface area contributed by atoms with Crippen LogP contribution in [-0.4, -0.2) is 11.8 Å². The second-order valence-electron chi connectivity index (χ2n) is 6.30. The number of carbonyl (C=O) groups is 2. The molecule has 1 saturated carbocycles. The molecule has 3 rings (SSSR count). The fraction of sp³-hybridized carbons (Fsp3) is 0.300. The Balaban J connectivity index is 1.53. The molecule has 1 aliphatic carbocycles. The molecule has 2 N–H and O–H groups in total. The van der Waals surface area contributed by atoms with Crippen LogP contribution in [0.1, 0.15) is 42.5 Å². The zero-order valence-corrected chi connectivity index (χ0v) is 13.6. The summed E-state index contributed by atoms with van der Waals surface area (Å²) in [6.07, 6.45) is 5.42. The van der Waals surface area contributed by atoms with Crippen LogP contribution in [0.4, 0.5) is 11.4 Å². The molecule has 0 aromatic heterocycles. The Labute approximate surface area is 142 Å². The van der Waals surface area contributed by atoms with Gasteiger partial charge in [0, 0.05) is 23.4 Å². The van der Waals surface area contributed by atoms with E-state index in [0.29, 0.717) is 23.6 Å². The van der Waals surface area contributed by atoms with Crippen molar-refractivity contribution in [2.24, 2.45) is 5.92 Å². The van der Waals surface area contributed by atoms with Gasteiger partial charge in [0.15, 0.2) is 0 Å². The van der Waals surface area contributed by atoms with E-state index in [1.807, 2.05) is 30.3 Å². The van der Waals surface area contributed by atoms with E-state index in [1.165, 1.54) is 12.8 Å². The van der Waals surface area contributed by atoms with Gasteiger partial charge in [0.1, 0.15) is 0 Å². The molecular weight excluding hydrogens is 300 g/mol. The second-order valence-corrected chi connectivity index (χ2v) is 6.30. The Morgan fingerprint density at radius 1 is 0.833 bits per heavy atom. The standard InChI is InChI=1S/C20H22N2O2/c23-19(14-15-6-4-5-7-15)21-17-10-12-18(13-11-17)22-20(24)16-8-2-1-3-9-16/h1-3,8-13,15H,4-7,14H2,(H,21,23)(H,22,24). The number of rotatable bonds is 5. The lowest BCUT2D eigenvalue weighted by Crippen LogP contribution is -2.15. The van der Waals surface area contributed by atoms with Crippen LogP contribution in [0.5, 0.6) is 0 Å². The molecule has 4 heteroatoms. The van der Waals surface area contributed by atoms with Crippen LogP contribution in [-0.2, 0) is 4.79 Å². The largest absolute Gasteiger partial charge is 0.326 e. The lowest BCUT2D eigenvalue weighted by atomic mass is 10.0. The highest BCUT2D eigenvalue weighted by Gasteiger charge is 2.18. The van der Waals surface area contributed by atoms with Crippen LogP contribution in [0.3, 0.4) is 0 Å². The van der Waals surface area contributed by atoms with Gasteiger partial charge >= 0.3 is 0 Å². The smallest absolute Gasteiger partial charge is 0.255 e. The maximum Gasteiger partial charge on any atom is 0.255 e. The van der Waals surface area contributed by atoms with Crippen molar-refractivity contribution in [1.82, 2.24) is 0 Å². The van der Waals surface area contributed by atoms with E-state index in [1.54, 1.807) is 24.3 Å². The summed E-state index contributed by atoms with van der Waals surface area (Å²) >= 11 is 0. The molecule has 0 aliphatic heterocycles. The molecule has 1 aliphatic rings. The Morgan fingerprint density at radius 2 is 1.42 bits per heavy atom. The van der Waals surface area contributed by atoms with E-state index in [4.69, 9.17) is 0 Å². The van der Waals surface area contributed by atoms with E-state index in [-0.39, 0.29) is 11.8 Å². The molecule has 2 aromatic carbocycles. The lowest BCUT2D eigenvalue weighted by Gasteiger charge is -2.10. The van der Waals surface area contributed by atoms with E-state index in [9.17, 15) is 9.59 Å². The van der Waals surface area contributed by atoms with Gasteiger partial charge in [-0.2, -0.15) is 0 Å². The number of hydrogen-bond acceptors (Lipinski definition) is 2. The Kier molecular flexibility index (Phi) is 5.26. The first-order chi connectivity index (χ1) is 11.7. The third-order valence-corrected chi connectivity index (χ3v) is 4.41. The van der Waals surface area contributed by atoms with Gasteiger partial charge in [-0.05, 0) is 55.2 Å². The molecule has 0 bridgehead atoms. The second kappa shape index (κ2) is 7.77. The van der Waals surface area contributed by atoms with E-state index < -0.39 is 0 Å². The first-order valence-corrected chi connectivity index (χ1v) is 8.47. The van der Waals surface area contributed by atoms with Crippen molar-refractivity contribution in [2.75, 3.05) is 10.6 Å². The van der Waals surface area contributed by atoms with Gasteiger partial charge in [0.2, 0.25) is 5.91 Å². The number of amides is 2. The minimum absolute atomic E-state index is 0.0722. The van der Waals surface area contributed by atoms with Gasteiger partial charge in [-0.3, -0.25) is 9.59 Å². The summed E-state index contributed by atoms with van der Waals surface area (Å²) in [6.45, 7) is 0. The quantitative estimate of drug-likeness (QED) is 0.854. The molecule has 4 nitrogen and oxygen atoms in total. The van der Waals surface area contributed by atoms with Crippen molar-refractivity contribution in [3.05, 3.63) is 60.2 Å². The van der Waals surface area contributed by atoms with Gasteiger partial charge < -0.3 is 10.6 Å². The Hall–Kier alpha value is -2.62. The fourth-order valence-corrected chi connectivity index (χ4v) is 3.12. The van der Waals surface area contributed by atoms with Crippen LogP contribution in [0, 0.1) is 5.92 Å². The van der Waals surface area contributed by atoms with Crippen LogP contribution in [0.15, 0.2) is 54.6 Å². The third kappa shape index (κ3) is 4.44. The molecule has 2 aromatic rings. The summed E-state index contributed by atoms with van der Waals surface area (Å²) in [5.74, 6) is 0.464. The maximum absolute atomic E-state index is 12.1. The molecule has 2 amide bonds. The number of hydrogen-bond donors (Lipinski definition) is 2. The summed E-state index contributed by atoms with van der Waals surface area (Å²) in [5, 5.41) is 5.78. The van der Waals surface area contributed by atoms with Crippen molar-refractivity contribution in [3.8, 4) is 0 Å². The van der Waals surface area contributed by atoms with Gasteiger partial charge in [0.25, 0.3) is 5.91 Å². The highest BCUT2D eigenvalue weighted by Crippen LogP contribution is 2.27. The average Bonchev–Trinajstić information content (AvgIpc) is 3.10. The molecule has 24 heavy (non-hydrogen) atoms. The summed E-state index contributed by atoms with van der Waals surface area (Å²) < 4.78 is 0. The van der Waals surface area contributed by atoms with Gasteiger partial charge in [0.05, 0.1) is 0 Å². The van der Waals surface area contributed by atoms with Crippen molar-refractivity contribution in [2.45, 2.75) is 32.1 Å². The zero-order chi connectivity index (χ0) is 16.8. The topological polar surface area (TPSA) is 58.2 Å². The van der Waals surface area contributed by atoms with Crippen molar-refractivity contribution >= 4 is 23.2 Å². The van der Waals surface area contributed by atoms with E-state index >= 15 is 0 Å². The minimum Gasteiger partial charge on any atom is -0.326 e. The number of benzene rings is 2. The molecule has 124 valence electrons. The minimum atomic E-state index is -0.145. The lowest BCUT2D eigenvalue weighted by molar-refractivity contribution is -0.117. The molecule has 0 saturated heterocycles. The predicted molar refractivity (Wildman–Crippen MR) is 96.0 cm³/mol. The fourth-order valence-electron chi connectivity index (χ4n) is 3.12. The molecule has 0 unspecified atom stereocenters. The van der Waals surface area contributed by atoms with Gasteiger partial charge in [-0.15, -0.1) is 0 Å². The average molecular weight is 322 g/mol. The summed E-state index contributed by atoms with van der Waals surface area (Å²) in [6, 6.07) is 16.3. The number of nitrogens with one attached hydrogen (secondary N) is 2. The summed E-state index contributed by atoms with van der Waals surface area (Å²) in [4.78, 5) is 24.1. The normalized spacial score (nSPS) is 14.3. The van der Waals surface area contributed by atoms with E-state index in [2.05, 4.69) is 10.6 Å². The molecular formula is C20H22N2O2. The third-order valence-electron chi connectivity index (χ3n) is 4.41. The van der Waals surface area contributed by atoms with Crippen LogP contribution in [0.2, 0.25) is 0 Å². The van der Waals surface area contributed by atoms with Gasteiger partial charge in [-0.1, -0.05) is 31.0 Å². The summed E-state index contributed by atoms with van der Waals surface area (Å²) in [5.41, 5.74) is 2.08. The first kappa shape index (κ1) is 16.2. The molecule has 0 atom stereocenters. The number of carbonyl (C=O) groups excluding carboxylic acids is 2. The zero-order valence-electron chi connectivity index (χ0n) is 13.6. The molecule has 0 spiro atoms. The van der Waals surface area contributed by atoms with Crippen molar-refractivity contribution in [1.29, 1.82) is 0 Å². The summed E-state index contributed by atoms with van der Waals surface area (Å²) in [7, 11) is 0. The van der Waals surface area contributed by atoms with Crippen LogP contribution < -0.4 is 10.6 Å². The predicted octanol–water partition coefficient (Wildman–Crippen LogP) is 4.46. The highest BCUT2D eigenvalue weighted by atomic mass is 16.2. The molecule has 0 heterocycles. The van der Waals surface area contributed by atoms with Crippen LogP contribution in [0.25, 0.3) is 0 Å². The van der Waals surface area contributed by atoms with Crippen LogP contribution >= 0.6 is 0 Å². The highest BCUT2D eigenvalue weighted by molar-refractivity contribution is 6.04. The molecule has 1 fully saturated rings. The Morgan fingerprint density at radius 3 is 2.04 bits per heavy atom. The Bertz CT molecular complexity index is 689. The van der Waals surface area contributed by atoms with Crippen molar-refractivity contribution in [3.63, 3.8) is 0 Å². The first-order valence-electron chi connectivity index (χ1n) is 8.47. The SMILES string of the molecule is O=C(CC1CCCC1)Nc1ccc(NC(=O)c2ccccc2)cc1. The van der Waals surface area contributed by atoms with Crippen molar-refractivity contribution < 1.29 is 9.59 Å².